The number of phenolic OH excluding ortho intramolecular Hbond substituents is 1. The molecule has 0 amide bonds. The highest BCUT2D eigenvalue weighted by molar-refractivity contribution is 7.22. The van der Waals surface area contributed by atoms with Crippen LogP contribution in [0.15, 0.2) is 30.0 Å². The van der Waals surface area contributed by atoms with E-state index in [0.717, 1.165) is 40.3 Å². The number of thiazole rings is 1. The van der Waals surface area contributed by atoms with Gasteiger partial charge in [-0.05, 0) is 37.5 Å². The third-order valence-corrected chi connectivity index (χ3v) is 3.96. The molecule has 0 spiro atoms. The van der Waals surface area contributed by atoms with Crippen molar-refractivity contribution in [1.29, 1.82) is 0 Å². The first-order chi connectivity index (χ1) is 8.72. The fourth-order valence-corrected chi connectivity index (χ4v) is 3.00. The molecule has 5 heteroatoms. The number of aliphatic hydroxyl groups excluding tert-OH is 1. The second-order valence-electron chi connectivity index (χ2n) is 4.40. The zero-order chi connectivity index (χ0) is 12.5. The summed E-state index contributed by atoms with van der Waals surface area (Å²) in [6.07, 6.45) is 4.42. The molecule has 0 radical (unpaired) electrons. The Kier molecular flexibility index (Phi) is 2.93. The summed E-state index contributed by atoms with van der Waals surface area (Å²) in [5, 5.41) is 23.2. The van der Waals surface area contributed by atoms with Crippen molar-refractivity contribution < 1.29 is 10.2 Å². The van der Waals surface area contributed by atoms with E-state index in [4.69, 9.17) is 0 Å². The first-order valence-corrected chi connectivity index (χ1v) is 6.79. The average Bonchev–Trinajstić information content (AvgIpc) is 2.73. The summed E-state index contributed by atoms with van der Waals surface area (Å²) in [6, 6.07) is 5.11. The molecule has 0 saturated heterocycles. The van der Waals surface area contributed by atoms with Gasteiger partial charge in [0.1, 0.15) is 5.75 Å². The van der Waals surface area contributed by atoms with E-state index in [1.165, 1.54) is 11.3 Å². The summed E-state index contributed by atoms with van der Waals surface area (Å²) < 4.78 is 0.934. The summed E-state index contributed by atoms with van der Waals surface area (Å²) in [5.41, 5.74) is 1.69. The molecule has 1 atom stereocenters. The number of aromatic nitrogens is 1. The first-order valence-electron chi connectivity index (χ1n) is 5.97. The molecule has 1 aliphatic rings. The van der Waals surface area contributed by atoms with Crippen LogP contribution in [0, 0.1) is 0 Å². The van der Waals surface area contributed by atoms with Crippen LogP contribution in [0.4, 0.5) is 5.13 Å². The van der Waals surface area contributed by atoms with E-state index in [0.29, 0.717) is 0 Å². The maximum atomic E-state index is 9.86. The van der Waals surface area contributed by atoms with Crippen molar-refractivity contribution in [3.63, 3.8) is 0 Å². The molecule has 1 aliphatic carbocycles. The van der Waals surface area contributed by atoms with E-state index in [1.807, 2.05) is 6.08 Å². The maximum absolute atomic E-state index is 9.86. The minimum absolute atomic E-state index is 0.245. The van der Waals surface area contributed by atoms with Crippen LogP contribution in [0.25, 0.3) is 10.2 Å². The zero-order valence-corrected chi connectivity index (χ0v) is 10.6. The molecule has 0 aliphatic heterocycles. The molecule has 0 unspecified atom stereocenters. The van der Waals surface area contributed by atoms with E-state index < -0.39 is 6.10 Å². The molecular weight excluding hydrogens is 248 g/mol. The van der Waals surface area contributed by atoms with Crippen molar-refractivity contribution >= 4 is 26.7 Å². The third kappa shape index (κ3) is 2.19. The lowest BCUT2D eigenvalue weighted by molar-refractivity contribution is 0.192. The van der Waals surface area contributed by atoms with Gasteiger partial charge in [-0.1, -0.05) is 17.4 Å². The van der Waals surface area contributed by atoms with Gasteiger partial charge in [0.15, 0.2) is 5.13 Å². The molecule has 1 aromatic carbocycles. The van der Waals surface area contributed by atoms with Gasteiger partial charge in [-0.25, -0.2) is 4.98 Å². The highest BCUT2D eigenvalue weighted by Crippen LogP contribution is 2.30. The van der Waals surface area contributed by atoms with Gasteiger partial charge >= 0.3 is 0 Å². The minimum atomic E-state index is -0.417. The summed E-state index contributed by atoms with van der Waals surface area (Å²) >= 11 is 1.47. The number of aliphatic hydroxyl groups is 1. The number of hydrogen-bond acceptors (Lipinski definition) is 5. The Balaban J connectivity index is 1.88. The molecule has 1 aromatic heterocycles. The number of rotatable bonds is 2. The number of phenols is 1. The maximum Gasteiger partial charge on any atom is 0.188 e. The fraction of sp³-hybridized carbons (Fsp3) is 0.308. The molecule has 94 valence electrons. The number of aromatic hydroxyl groups is 1. The lowest BCUT2D eigenvalue weighted by Gasteiger charge is -2.19. The number of nitrogens with zero attached hydrogens (tertiary/aromatic N) is 1. The van der Waals surface area contributed by atoms with Gasteiger partial charge in [0.05, 0.1) is 16.3 Å². The first kappa shape index (κ1) is 11.5. The van der Waals surface area contributed by atoms with Crippen LogP contribution in [0.2, 0.25) is 0 Å². The minimum Gasteiger partial charge on any atom is -0.508 e. The molecule has 18 heavy (non-hydrogen) atoms. The molecule has 3 rings (SSSR count). The fourth-order valence-electron chi connectivity index (χ4n) is 2.08. The number of allylic oxidation sites excluding steroid dienone is 1. The highest BCUT2D eigenvalue weighted by Gasteiger charge is 2.16. The van der Waals surface area contributed by atoms with Gasteiger partial charge in [0, 0.05) is 5.70 Å². The van der Waals surface area contributed by atoms with Crippen molar-refractivity contribution in [3.05, 3.63) is 30.0 Å². The van der Waals surface area contributed by atoms with E-state index >= 15 is 0 Å². The predicted molar refractivity (Wildman–Crippen MR) is 72.8 cm³/mol. The van der Waals surface area contributed by atoms with Gasteiger partial charge < -0.3 is 15.5 Å². The van der Waals surface area contributed by atoms with E-state index in [9.17, 15) is 10.2 Å². The Hall–Kier alpha value is -1.59. The average molecular weight is 262 g/mol. The quantitative estimate of drug-likeness (QED) is 0.778. The Bertz CT molecular complexity index is 606. The summed E-state index contributed by atoms with van der Waals surface area (Å²) in [7, 11) is 0. The van der Waals surface area contributed by atoms with Crippen molar-refractivity contribution in [2.24, 2.45) is 0 Å². The van der Waals surface area contributed by atoms with Crippen LogP contribution in [0.3, 0.4) is 0 Å². The summed E-state index contributed by atoms with van der Waals surface area (Å²) in [4.78, 5) is 4.43. The Morgan fingerprint density at radius 3 is 3.11 bits per heavy atom. The Morgan fingerprint density at radius 1 is 1.39 bits per heavy atom. The number of fused-ring (bicyclic) bond motifs is 1. The number of benzene rings is 1. The Labute approximate surface area is 109 Å². The van der Waals surface area contributed by atoms with Gasteiger partial charge in [0.2, 0.25) is 0 Å². The normalized spacial score (nSPS) is 19.8. The summed E-state index contributed by atoms with van der Waals surface area (Å²) in [5.74, 6) is 0.245. The van der Waals surface area contributed by atoms with Gasteiger partial charge in [0.25, 0.3) is 0 Å². The van der Waals surface area contributed by atoms with Crippen molar-refractivity contribution in [2.45, 2.75) is 25.4 Å². The topological polar surface area (TPSA) is 65.4 Å². The van der Waals surface area contributed by atoms with Crippen molar-refractivity contribution in [3.8, 4) is 5.75 Å². The van der Waals surface area contributed by atoms with Crippen LogP contribution < -0.4 is 5.32 Å². The van der Waals surface area contributed by atoms with Gasteiger partial charge in [-0.2, -0.15) is 0 Å². The monoisotopic (exact) mass is 262 g/mol. The molecule has 4 nitrogen and oxygen atoms in total. The van der Waals surface area contributed by atoms with Crippen LogP contribution >= 0.6 is 11.3 Å². The number of nitrogens with one attached hydrogen (secondary N) is 1. The molecule has 3 N–H and O–H groups in total. The van der Waals surface area contributed by atoms with Crippen LogP contribution in [0.1, 0.15) is 19.3 Å². The largest absolute Gasteiger partial charge is 0.508 e. The van der Waals surface area contributed by atoms with Crippen molar-refractivity contribution in [2.75, 3.05) is 5.32 Å². The zero-order valence-electron chi connectivity index (χ0n) is 9.76. The molecule has 0 saturated carbocycles. The van der Waals surface area contributed by atoms with Crippen LogP contribution in [-0.2, 0) is 0 Å². The van der Waals surface area contributed by atoms with Crippen LogP contribution in [0.5, 0.6) is 5.75 Å². The van der Waals surface area contributed by atoms with Crippen LogP contribution in [-0.4, -0.2) is 21.3 Å². The summed E-state index contributed by atoms with van der Waals surface area (Å²) in [6.45, 7) is 0. The van der Waals surface area contributed by atoms with Gasteiger partial charge in [-0.3, -0.25) is 0 Å². The molecular formula is C13H14N2O2S. The molecule has 2 aromatic rings. The smallest absolute Gasteiger partial charge is 0.188 e. The number of hydrogen-bond donors (Lipinski definition) is 3. The molecule has 0 bridgehead atoms. The van der Waals surface area contributed by atoms with Crippen molar-refractivity contribution in [1.82, 2.24) is 4.98 Å². The molecule has 1 heterocycles. The third-order valence-electron chi connectivity index (χ3n) is 3.03. The Morgan fingerprint density at radius 2 is 2.28 bits per heavy atom. The lowest BCUT2D eigenvalue weighted by atomic mass is 10.0. The van der Waals surface area contributed by atoms with Gasteiger partial charge in [-0.15, -0.1) is 0 Å². The SMILES string of the molecule is Oc1ccc2nc(NC3=CCCC[C@H]3O)sc2c1. The lowest BCUT2D eigenvalue weighted by Crippen LogP contribution is -2.19. The molecule has 0 fully saturated rings. The van der Waals surface area contributed by atoms with E-state index in [1.54, 1.807) is 18.2 Å². The standard InChI is InChI=1S/C13H14N2O2S/c16-8-5-6-10-12(7-8)18-13(15-10)14-9-3-1-2-4-11(9)17/h3,5-7,11,16-17H,1-2,4H2,(H,14,15)/t11-/m1/s1. The second-order valence-corrected chi connectivity index (χ2v) is 5.43. The second kappa shape index (κ2) is 4.59. The van der Waals surface area contributed by atoms with E-state index in [2.05, 4.69) is 10.3 Å². The predicted octanol–water partition coefficient (Wildman–Crippen LogP) is 2.84. The highest BCUT2D eigenvalue weighted by atomic mass is 32.1. The number of anilines is 1. The van der Waals surface area contributed by atoms with E-state index in [-0.39, 0.29) is 5.75 Å².